The molecule has 0 saturated heterocycles. The average Bonchev–Trinajstić information content (AvgIpc) is 2.45. The van der Waals surface area contributed by atoms with E-state index in [0.29, 0.717) is 6.61 Å². The van der Waals surface area contributed by atoms with Crippen LogP contribution in [0.2, 0.25) is 0 Å². The minimum absolute atomic E-state index is 0.0731. The molecule has 0 spiro atoms. The highest BCUT2D eigenvalue weighted by Gasteiger charge is 2.44. The fourth-order valence-corrected chi connectivity index (χ4v) is 2.04. The Bertz CT molecular complexity index is 430. The van der Waals surface area contributed by atoms with Crippen molar-refractivity contribution in [2.75, 3.05) is 19.8 Å². The van der Waals surface area contributed by atoms with E-state index in [9.17, 15) is 14.4 Å². The SMILES string of the molecule is C=C(CC(CCC(=O)OCC)(OC(C)=O)C(=O)OCC)OCC. The number of ether oxygens (including phenoxy) is 4. The second kappa shape index (κ2) is 10.6. The second-order valence-electron chi connectivity index (χ2n) is 4.76. The second-order valence-corrected chi connectivity index (χ2v) is 4.76. The molecule has 1 unspecified atom stereocenters. The fraction of sp³-hybridized carbons (Fsp3) is 0.688. The summed E-state index contributed by atoms with van der Waals surface area (Å²) < 4.78 is 20.4. The summed E-state index contributed by atoms with van der Waals surface area (Å²) in [6.45, 7) is 10.7. The van der Waals surface area contributed by atoms with E-state index >= 15 is 0 Å². The smallest absolute Gasteiger partial charge is 0.351 e. The lowest BCUT2D eigenvalue weighted by Crippen LogP contribution is -2.45. The molecule has 0 aromatic rings. The summed E-state index contributed by atoms with van der Waals surface area (Å²) in [5.74, 6) is -1.62. The van der Waals surface area contributed by atoms with Crippen LogP contribution in [0.15, 0.2) is 12.3 Å². The van der Waals surface area contributed by atoms with Gasteiger partial charge in [0, 0.05) is 19.8 Å². The van der Waals surface area contributed by atoms with Crippen molar-refractivity contribution in [3.05, 3.63) is 12.3 Å². The van der Waals surface area contributed by atoms with Gasteiger partial charge < -0.3 is 18.9 Å². The number of rotatable bonds is 11. The first-order valence-electron chi connectivity index (χ1n) is 7.64. The van der Waals surface area contributed by atoms with Crippen molar-refractivity contribution in [2.24, 2.45) is 0 Å². The van der Waals surface area contributed by atoms with Gasteiger partial charge in [-0.05, 0) is 20.8 Å². The van der Waals surface area contributed by atoms with Gasteiger partial charge in [-0.25, -0.2) is 4.79 Å². The van der Waals surface area contributed by atoms with E-state index in [-0.39, 0.29) is 38.2 Å². The van der Waals surface area contributed by atoms with E-state index in [1.807, 2.05) is 0 Å². The van der Waals surface area contributed by atoms with E-state index in [2.05, 4.69) is 6.58 Å². The summed E-state index contributed by atoms with van der Waals surface area (Å²) >= 11 is 0. The zero-order valence-electron chi connectivity index (χ0n) is 14.3. The van der Waals surface area contributed by atoms with Crippen LogP contribution in [0.3, 0.4) is 0 Å². The molecule has 0 saturated carbocycles. The molecule has 0 aromatic heterocycles. The lowest BCUT2D eigenvalue weighted by Gasteiger charge is -2.31. The zero-order chi connectivity index (χ0) is 17.9. The third-order valence-corrected chi connectivity index (χ3v) is 2.86. The predicted octanol–water partition coefficient (Wildman–Crippen LogP) is 2.13. The molecule has 0 amide bonds. The predicted molar refractivity (Wildman–Crippen MR) is 82.4 cm³/mol. The average molecular weight is 330 g/mol. The van der Waals surface area contributed by atoms with E-state index in [1.54, 1.807) is 20.8 Å². The Balaban J connectivity index is 5.35. The van der Waals surface area contributed by atoms with Crippen LogP contribution in [0.25, 0.3) is 0 Å². The van der Waals surface area contributed by atoms with Gasteiger partial charge in [0.05, 0.1) is 32.0 Å². The van der Waals surface area contributed by atoms with Gasteiger partial charge in [-0.2, -0.15) is 0 Å². The van der Waals surface area contributed by atoms with Gasteiger partial charge in [0.25, 0.3) is 0 Å². The first kappa shape index (κ1) is 20.9. The lowest BCUT2D eigenvalue weighted by atomic mass is 9.92. The third-order valence-electron chi connectivity index (χ3n) is 2.86. The Morgan fingerprint density at radius 3 is 2.00 bits per heavy atom. The highest BCUT2D eigenvalue weighted by atomic mass is 16.6. The monoisotopic (exact) mass is 330 g/mol. The molecule has 0 radical (unpaired) electrons. The summed E-state index contributed by atoms with van der Waals surface area (Å²) in [6.07, 6.45) is -0.256. The molecule has 23 heavy (non-hydrogen) atoms. The van der Waals surface area contributed by atoms with Crippen molar-refractivity contribution in [1.29, 1.82) is 0 Å². The molecule has 132 valence electrons. The summed E-state index contributed by atoms with van der Waals surface area (Å²) in [5, 5.41) is 0. The molecule has 0 N–H and O–H groups in total. The highest BCUT2D eigenvalue weighted by molar-refractivity contribution is 5.84. The maximum absolute atomic E-state index is 12.4. The van der Waals surface area contributed by atoms with E-state index in [4.69, 9.17) is 18.9 Å². The van der Waals surface area contributed by atoms with Crippen molar-refractivity contribution >= 4 is 17.9 Å². The summed E-state index contributed by atoms with van der Waals surface area (Å²) in [6, 6.07) is 0. The first-order valence-corrected chi connectivity index (χ1v) is 7.64. The van der Waals surface area contributed by atoms with Crippen molar-refractivity contribution in [2.45, 2.75) is 52.6 Å². The normalized spacial score (nSPS) is 12.7. The van der Waals surface area contributed by atoms with Crippen LogP contribution in [0, 0.1) is 0 Å². The summed E-state index contributed by atoms with van der Waals surface area (Å²) in [7, 11) is 0. The fourth-order valence-electron chi connectivity index (χ4n) is 2.04. The van der Waals surface area contributed by atoms with Gasteiger partial charge in [0.15, 0.2) is 0 Å². The zero-order valence-corrected chi connectivity index (χ0v) is 14.3. The molecule has 0 aliphatic rings. The Morgan fingerprint density at radius 2 is 1.52 bits per heavy atom. The molecule has 7 nitrogen and oxygen atoms in total. The van der Waals surface area contributed by atoms with E-state index < -0.39 is 23.5 Å². The first-order chi connectivity index (χ1) is 10.8. The van der Waals surface area contributed by atoms with Crippen molar-refractivity contribution in [3.63, 3.8) is 0 Å². The van der Waals surface area contributed by atoms with E-state index in [1.165, 1.54) is 6.92 Å². The van der Waals surface area contributed by atoms with E-state index in [0.717, 1.165) is 0 Å². The van der Waals surface area contributed by atoms with Crippen LogP contribution >= 0.6 is 0 Å². The molecule has 0 aromatic carbocycles. The van der Waals surface area contributed by atoms with Gasteiger partial charge in [-0.3, -0.25) is 9.59 Å². The van der Waals surface area contributed by atoms with Crippen LogP contribution in [0.5, 0.6) is 0 Å². The van der Waals surface area contributed by atoms with Crippen LogP contribution in [-0.4, -0.2) is 43.3 Å². The minimum Gasteiger partial charge on any atom is -0.499 e. The Hall–Kier alpha value is -2.05. The van der Waals surface area contributed by atoms with Crippen LogP contribution in [0.1, 0.15) is 47.0 Å². The maximum Gasteiger partial charge on any atom is 0.351 e. The molecule has 0 aliphatic heterocycles. The molecule has 1 atom stereocenters. The summed E-state index contributed by atoms with van der Waals surface area (Å²) in [5.41, 5.74) is -1.65. The van der Waals surface area contributed by atoms with Crippen LogP contribution in [-0.2, 0) is 33.3 Å². The molecular weight excluding hydrogens is 304 g/mol. The molecule has 0 rings (SSSR count). The number of hydrogen-bond donors (Lipinski definition) is 0. The lowest BCUT2D eigenvalue weighted by molar-refractivity contribution is -0.184. The molecular formula is C16H26O7. The van der Waals surface area contributed by atoms with Gasteiger partial charge in [-0.1, -0.05) is 6.58 Å². The Labute approximate surface area is 136 Å². The standard InChI is InChI=1S/C16H26O7/c1-6-20-12(4)11-16(23-13(5)17,15(19)22-8-3)10-9-14(18)21-7-2/h4,6-11H2,1-3,5H3. The third kappa shape index (κ3) is 7.67. The number of esters is 3. The summed E-state index contributed by atoms with van der Waals surface area (Å²) in [4.78, 5) is 35.4. The van der Waals surface area contributed by atoms with Gasteiger partial charge in [-0.15, -0.1) is 0 Å². The molecule has 0 fully saturated rings. The van der Waals surface area contributed by atoms with Gasteiger partial charge in [0.2, 0.25) is 5.60 Å². The molecule has 0 bridgehead atoms. The van der Waals surface area contributed by atoms with Gasteiger partial charge in [0.1, 0.15) is 0 Å². The Morgan fingerprint density at radius 1 is 0.957 bits per heavy atom. The highest BCUT2D eigenvalue weighted by Crippen LogP contribution is 2.29. The van der Waals surface area contributed by atoms with Gasteiger partial charge >= 0.3 is 17.9 Å². The quantitative estimate of drug-likeness (QED) is 0.326. The van der Waals surface area contributed by atoms with Crippen molar-refractivity contribution in [1.82, 2.24) is 0 Å². The molecule has 0 aliphatic carbocycles. The molecule has 7 heteroatoms. The van der Waals surface area contributed by atoms with Crippen molar-refractivity contribution < 1.29 is 33.3 Å². The van der Waals surface area contributed by atoms with Crippen LogP contribution in [0.4, 0.5) is 0 Å². The van der Waals surface area contributed by atoms with Crippen molar-refractivity contribution in [3.8, 4) is 0 Å². The van der Waals surface area contributed by atoms with Crippen LogP contribution < -0.4 is 0 Å². The number of carbonyl (C=O) groups excluding carboxylic acids is 3. The topological polar surface area (TPSA) is 88.1 Å². The maximum atomic E-state index is 12.4. The Kier molecular flexibility index (Phi) is 9.69. The number of carbonyl (C=O) groups is 3. The number of hydrogen-bond acceptors (Lipinski definition) is 7. The largest absolute Gasteiger partial charge is 0.499 e. The molecule has 0 heterocycles. The minimum atomic E-state index is -1.65.